The first-order chi connectivity index (χ1) is 14.4. The predicted octanol–water partition coefficient (Wildman–Crippen LogP) is 4.51. The highest BCUT2D eigenvalue weighted by Gasteiger charge is 2.54. The average molecular weight is 408 g/mol. The molecule has 30 heavy (non-hydrogen) atoms. The number of aryl methyl sites for hydroxylation is 2. The molecule has 5 heteroatoms. The maximum Gasteiger partial charge on any atom is 0.243 e. The summed E-state index contributed by atoms with van der Waals surface area (Å²) in [5.41, 5.74) is 2.14. The van der Waals surface area contributed by atoms with Gasteiger partial charge in [0.15, 0.2) is 0 Å². The Labute approximate surface area is 179 Å². The van der Waals surface area contributed by atoms with Gasteiger partial charge in [0.1, 0.15) is 18.1 Å². The Kier molecular flexibility index (Phi) is 4.87. The van der Waals surface area contributed by atoms with Gasteiger partial charge < -0.3 is 14.2 Å². The molecular formula is C25H33N3O2. The molecule has 4 saturated carbocycles. The maximum atomic E-state index is 13.8. The van der Waals surface area contributed by atoms with E-state index in [2.05, 4.69) is 22.0 Å². The van der Waals surface area contributed by atoms with Crippen molar-refractivity contribution in [3.8, 4) is 5.75 Å². The summed E-state index contributed by atoms with van der Waals surface area (Å²) in [7, 11) is 1.70. The van der Waals surface area contributed by atoms with Crippen molar-refractivity contribution in [2.45, 2.75) is 71.0 Å². The lowest BCUT2D eigenvalue weighted by molar-refractivity contribution is -0.153. The Bertz CT molecular complexity index is 912. The quantitative estimate of drug-likeness (QED) is 0.708. The second-order valence-electron chi connectivity index (χ2n) is 10.0. The summed E-state index contributed by atoms with van der Waals surface area (Å²) in [6.07, 6.45) is 9.65. The smallest absolute Gasteiger partial charge is 0.243 e. The number of rotatable bonds is 6. The van der Waals surface area contributed by atoms with E-state index in [0.29, 0.717) is 13.1 Å². The molecule has 0 N–H and O–H groups in total. The Morgan fingerprint density at radius 3 is 2.40 bits per heavy atom. The third-order valence-corrected chi connectivity index (χ3v) is 7.76. The van der Waals surface area contributed by atoms with Crippen LogP contribution in [0.3, 0.4) is 0 Å². The van der Waals surface area contributed by atoms with Gasteiger partial charge in [-0.1, -0.05) is 12.1 Å². The average Bonchev–Trinajstić information content (AvgIpc) is 3.01. The van der Waals surface area contributed by atoms with E-state index in [9.17, 15) is 4.79 Å². The lowest BCUT2D eigenvalue weighted by Gasteiger charge is -2.60. The van der Waals surface area contributed by atoms with Crippen molar-refractivity contribution in [2.75, 3.05) is 7.11 Å². The lowest BCUT2D eigenvalue weighted by atomic mass is 9.52. The summed E-state index contributed by atoms with van der Waals surface area (Å²) in [6, 6.07) is 8.20. The molecule has 4 fully saturated rings. The summed E-state index contributed by atoms with van der Waals surface area (Å²) in [4.78, 5) is 20.5. The number of amides is 1. The molecule has 4 aliphatic carbocycles. The topological polar surface area (TPSA) is 47.4 Å². The van der Waals surface area contributed by atoms with Crippen LogP contribution in [-0.2, 0) is 17.9 Å². The van der Waals surface area contributed by atoms with Crippen LogP contribution in [0.2, 0.25) is 0 Å². The predicted molar refractivity (Wildman–Crippen MR) is 116 cm³/mol. The Balaban J connectivity index is 1.47. The number of carbonyl (C=O) groups is 1. The normalized spacial score (nSPS) is 29.2. The zero-order valence-electron chi connectivity index (χ0n) is 18.4. The van der Waals surface area contributed by atoms with Gasteiger partial charge in [-0.05, 0) is 87.8 Å². The van der Waals surface area contributed by atoms with Gasteiger partial charge in [0.2, 0.25) is 5.91 Å². The van der Waals surface area contributed by atoms with Crippen molar-refractivity contribution < 1.29 is 9.53 Å². The second-order valence-corrected chi connectivity index (χ2v) is 10.0. The number of ether oxygens (including phenoxy) is 1. The van der Waals surface area contributed by atoms with Crippen LogP contribution in [0.5, 0.6) is 5.75 Å². The third-order valence-electron chi connectivity index (χ3n) is 7.76. The first kappa shape index (κ1) is 19.7. The molecule has 1 aromatic heterocycles. The van der Waals surface area contributed by atoms with Crippen LogP contribution in [0.4, 0.5) is 0 Å². The van der Waals surface area contributed by atoms with E-state index in [1.165, 1.54) is 38.5 Å². The van der Waals surface area contributed by atoms with Crippen molar-refractivity contribution in [2.24, 2.45) is 17.8 Å². The lowest BCUT2D eigenvalue weighted by Crippen LogP contribution is -2.61. The van der Waals surface area contributed by atoms with Gasteiger partial charge in [-0.2, -0.15) is 0 Å². The van der Waals surface area contributed by atoms with Gasteiger partial charge in [0, 0.05) is 18.3 Å². The maximum absolute atomic E-state index is 13.8. The summed E-state index contributed by atoms with van der Waals surface area (Å²) in [5, 5.41) is 0. The molecule has 1 aromatic carbocycles. The number of hydrogen-bond acceptors (Lipinski definition) is 3. The number of methoxy groups -OCH3 is 1. The van der Waals surface area contributed by atoms with Crippen LogP contribution in [0.15, 0.2) is 30.5 Å². The van der Waals surface area contributed by atoms with Gasteiger partial charge in [-0.15, -0.1) is 0 Å². The first-order valence-corrected chi connectivity index (χ1v) is 11.4. The molecule has 5 nitrogen and oxygen atoms in total. The van der Waals surface area contributed by atoms with Gasteiger partial charge in [0.25, 0.3) is 0 Å². The molecule has 4 aliphatic rings. The highest BCUT2D eigenvalue weighted by Crippen LogP contribution is 2.58. The molecule has 0 unspecified atom stereocenters. The summed E-state index contributed by atoms with van der Waals surface area (Å²) >= 11 is 0. The molecule has 2 aromatic rings. The Hall–Kier alpha value is -2.30. The fourth-order valence-electron chi connectivity index (χ4n) is 6.93. The first-order valence-electron chi connectivity index (χ1n) is 11.4. The fourth-order valence-corrected chi connectivity index (χ4v) is 6.93. The van der Waals surface area contributed by atoms with E-state index in [0.717, 1.165) is 40.6 Å². The highest BCUT2D eigenvalue weighted by molar-refractivity contribution is 5.77. The van der Waals surface area contributed by atoms with Crippen molar-refractivity contribution in [3.05, 3.63) is 47.5 Å². The van der Waals surface area contributed by atoms with E-state index in [4.69, 9.17) is 4.74 Å². The van der Waals surface area contributed by atoms with Crippen LogP contribution in [-0.4, -0.2) is 33.0 Å². The monoisotopic (exact) mass is 407 g/mol. The Morgan fingerprint density at radius 2 is 1.83 bits per heavy atom. The summed E-state index contributed by atoms with van der Waals surface area (Å²) in [6.45, 7) is 5.01. The fraction of sp³-hybridized carbons (Fsp3) is 0.600. The van der Waals surface area contributed by atoms with Crippen molar-refractivity contribution in [1.82, 2.24) is 14.5 Å². The zero-order valence-corrected chi connectivity index (χ0v) is 18.4. The molecular weight excluding hydrogens is 374 g/mol. The van der Waals surface area contributed by atoms with Crippen molar-refractivity contribution in [3.63, 3.8) is 0 Å². The number of benzene rings is 1. The van der Waals surface area contributed by atoms with Gasteiger partial charge in [-0.25, -0.2) is 4.98 Å². The molecule has 1 amide bonds. The van der Waals surface area contributed by atoms with Crippen LogP contribution < -0.4 is 4.74 Å². The largest absolute Gasteiger partial charge is 0.497 e. The molecule has 0 radical (unpaired) electrons. The molecule has 160 valence electrons. The Morgan fingerprint density at radius 1 is 1.17 bits per heavy atom. The van der Waals surface area contributed by atoms with Crippen molar-refractivity contribution in [1.29, 1.82) is 0 Å². The standard InChI is InChI=1S/C25H33N3O2/c1-17-14-27(18(2)26-17)16-24(29)28(15-19-5-4-6-23(10-19)30-3)25-11-20-7-21(12-25)9-22(8-20)13-25/h4-6,10,14,20-22H,7-9,11-13,15-16H2,1-3H3. The second kappa shape index (κ2) is 7.44. The van der Waals surface area contributed by atoms with Crippen LogP contribution in [0, 0.1) is 31.6 Å². The summed E-state index contributed by atoms with van der Waals surface area (Å²) < 4.78 is 7.46. The third kappa shape index (κ3) is 3.52. The molecule has 0 aliphatic heterocycles. The van der Waals surface area contributed by atoms with Gasteiger partial charge >= 0.3 is 0 Å². The number of imidazole rings is 1. The molecule has 1 heterocycles. The molecule has 4 bridgehead atoms. The number of aromatic nitrogens is 2. The minimum Gasteiger partial charge on any atom is -0.497 e. The van der Waals surface area contributed by atoms with E-state index >= 15 is 0 Å². The minimum atomic E-state index is 0.0262. The summed E-state index contributed by atoms with van der Waals surface area (Å²) in [5.74, 6) is 4.39. The van der Waals surface area contributed by atoms with Crippen molar-refractivity contribution >= 4 is 5.91 Å². The number of hydrogen-bond donors (Lipinski definition) is 0. The SMILES string of the molecule is COc1cccc(CN(C(=O)Cn2cc(C)nc2C)C23CC4CC(CC(C4)C2)C3)c1. The number of nitrogens with zero attached hydrogens (tertiary/aromatic N) is 3. The van der Waals surface area contributed by atoms with Crippen LogP contribution in [0.25, 0.3) is 0 Å². The molecule has 0 spiro atoms. The van der Waals surface area contributed by atoms with E-state index in [-0.39, 0.29) is 11.4 Å². The van der Waals surface area contributed by atoms with Crippen LogP contribution >= 0.6 is 0 Å². The van der Waals surface area contributed by atoms with E-state index in [1.54, 1.807) is 7.11 Å². The molecule has 0 atom stereocenters. The minimum absolute atomic E-state index is 0.0262. The van der Waals surface area contributed by atoms with E-state index < -0.39 is 0 Å². The van der Waals surface area contributed by atoms with Gasteiger partial charge in [-0.3, -0.25) is 4.79 Å². The molecule has 0 saturated heterocycles. The molecule has 6 rings (SSSR count). The highest BCUT2D eigenvalue weighted by atomic mass is 16.5. The van der Waals surface area contributed by atoms with Gasteiger partial charge in [0.05, 0.1) is 12.8 Å². The van der Waals surface area contributed by atoms with Crippen LogP contribution in [0.1, 0.15) is 55.6 Å². The zero-order chi connectivity index (χ0) is 20.9. The van der Waals surface area contributed by atoms with E-state index in [1.807, 2.05) is 36.7 Å². The number of carbonyl (C=O) groups excluding carboxylic acids is 1.